The summed E-state index contributed by atoms with van der Waals surface area (Å²) in [6.07, 6.45) is 14.2. The van der Waals surface area contributed by atoms with E-state index in [2.05, 4.69) is 81.4 Å². The molecule has 612 valence electrons. The number of aromatic nitrogens is 8. The zero-order valence-electron chi connectivity index (χ0n) is 66.6. The molecule has 2 aliphatic carbocycles. The van der Waals surface area contributed by atoms with E-state index in [0.29, 0.717) is 108 Å². The van der Waals surface area contributed by atoms with Crippen LogP contribution in [-0.2, 0) is 65.4 Å². The van der Waals surface area contributed by atoms with Crippen molar-refractivity contribution in [2.45, 2.75) is 146 Å². The number of aliphatic carboxylic acids is 1. The molecule has 6 aromatic heterocycles. The number of pyridine rings is 4. The van der Waals surface area contributed by atoms with Crippen molar-refractivity contribution in [2.75, 3.05) is 24.6 Å². The maximum absolute atomic E-state index is 13.4. The summed E-state index contributed by atoms with van der Waals surface area (Å²) in [7, 11) is 0. The Labute approximate surface area is 695 Å². The van der Waals surface area contributed by atoms with Crippen LogP contribution in [0.5, 0.6) is 0 Å². The number of hydrogen-bond donors (Lipinski definition) is 8. The molecule has 6 aliphatic rings. The Bertz CT molecular complexity index is 6170. The number of fused-ring (bicyclic) bond motifs is 4. The molecule has 2 saturated carbocycles. The van der Waals surface area contributed by atoms with E-state index in [4.69, 9.17) is 48.0 Å². The first-order chi connectivity index (χ1) is 58.5. The van der Waals surface area contributed by atoms with Crippen molar-refractivity contribution < 1.29 is 53.1 Å². The molecule has 4 fully saturated rings. The molecule has 18 rings (SSSR count). The normalized spacial score (nSPS) is 16.9. The number of nitrogen functional groups attached to an aromatic ring is 2. The van der Waals surface area contributed by atoms with Crippen LogP contribution < -0.4 is 38.9 Å². The minimum atomic E-state index is -1.02. The molecule has 0 radical (unpaired) electrons. The minimum absolute atomic E-state index is 0.0557. The van der Waals surface area contributed by atoms with Crippen LogP contribution in [0.4, 0.5) is 11.6 Å². The fraction of sp³-hybridized carbons (Fsp3) is 0.269. The average Bonchev–Trinajstić information content (AvgIpc) is 1.59. The number of carbonyl (C=O) groups is 10. The third-order valence-electron chi connectivity index (χ3n) is 23.8. The number of nitrogens with zero attached hydrogens (tertiary/aromatic N) is 10. The molecule has 12 N–H and O–H groups in total. The topological polar surface area (TPSA) is 425 Å². The van der Waals surface area contributed by atoms with Gasteiger partial charge in [-0.25, -0.2) is 29.9 Å². The van der Waals surface area contributed by atoms with Crippen LogP contribution in [-0.4, -0.2) is 138 Å². The molecule has 12 aromatic rings. The summed E-state index contributed by atoms with van der Waals surface area (Å²) < 4.78 is 4.06. The second-order valence-corrected chi connectivity index (χ2v) is 31.7. The fourth-order valence-electron chi connectivity index (χ4n) is 16.9. The smallest absolute Gasteiger partial charge is 0.303 e. The van der Waals surface area contributed by atoms with Gasteiger partial charge in [0.2, 0.25) is 29.5 Å². The summed E-state index contributed by atoms with van der Waals surface area (Å²) in [5.41, 5.74) is 41.3. The van der Waals surface area contributed by atoms with Crippen molar-refractivity contribution in [1.29, 1.82) is 0 Å². The van der Waals surface area contributed by atoms with Gasteiger partial charge < -0.3 is 33.4 Å². The molecule has 28 nitrogen and oxygen atoms in total. The van der Waals surface area contributed by atoms with Crippen LogP contribution in [0.3, 0.4) is 0 Å². The van der Waals surface area contributed by atoms with Crippen molar-refractivity contribution in [3.05, 3.63) is 250 Å². The van der Waals surface area contributed by atoms with Crippen LogP contribution in [0, 0.1) is 0 Å². The van der Waals surface area contributed by atoms with Gasteiger partial charge in [-0.1, -0.05) is 98.3 Å². The van der Waals surface area contributed by atoms with E-state index < -0.39 is 59.4 Å². The summed E-state index contributed by atoms with van der Waals surface area (Å²) in [5, 5.41) is 16.5. The first-order valence-corrected chi connectivity index (χ1v) is 40.8. The summed E-state index contributed by atoms with van der Waals surface area (Å²) in [4.78, 5) is 154. The number of amides is 9. The van der Waals surface area contributed by atoms with Gasteiger partial charge >= 0.3 is 5.97 Å². The van der Waals surface area contributed by atoms with Crippen molar-refractivity contribution in [3.8, 4) is 56.7 Å². The average molecular weight is 1620 g/mol. The minimum Gasteiger partial charge on any atom is -0.481 e. The summed E-state index contributed by atoms with van der Waals surface area (Å²) >= 11 is 0. The maximum Gasteiger partial charge on any atom is 0.303 e. The number of piperidine rings is 2. The number of benzene rings is 6. The van der Waals surface area contributed by atoms with E-state index in [1.54, 1.807) is 48.8 Å². The van der Waals surface area contributed by atoms with Crippen molar-refractivity contribution >= 4 is 93.1 Å². The van der Waals surface area contributed by atoms with Crippen LogP contribution in [0.15, 0.2) is 194 Å². The highest BCUT2D eigenvalue weighted by molar-refractivity contribution is 6.25. The highest BCUT2D eigenvalue weighted by atomic mass is 16.4. The van der Waals surface area contributed by atoms with Crippen molar-refractivity contribution in [3.63, 3.8) is 0 Å². The van der Waals surface area contributed by atoms with Crippen LogP contribution in [0.1, 0.15) is 172 Å². The third kappa shape index (κ3) is 16.3. The standard InChI is InChI=1S/C46H43N9O5.C31H29N5O2.C16H17N3O4/c47-40-33(11-4-25-50-40)41-52-35-18-17-34(51-42(35)54(41)31-15-13-30(14-16-31)46(48)22-5-23-46)29-8-1-6-27(26-29)12-20-37(56)49-24-3-9-28-7-2-10-32-39(28)45(60)55(44(32)59)36-19-21-38(57)53-43(36)58;1-31(16-4-17-31)22-9-11-23(12-10-22)36-29(24-7-3-18-33-28(24)32)35-26-14-13-25(34-30(26)36)21-6-2-5-20(19-21)8-15-27(37)38;17-8-2-4-9-3-1-5-10-13(9)16(23)19(15(10)22)11-6-7-12(20)18-14(11)21/h1-2,4,6-8,10-11,13-18,25-26,36H,3,5,9,12,19-24,48H2,(H2,47,50)(H,49,56)(H,53,57,58);2-3,5-7,9-14,18-19H,4,8,15-17H2,1H3,(H2,32,33)(H,37,38);1,3,5,11H,2,4,6-8,17H2,(H,18,20,21). The number of carboxylic acids is 1. The van der Waals surface area contributed by atoms with Crippen LogP contribution in [0.25, 0.3) is 79.0 Å². The predicted octanol–water partition coefficient (Wildman–Crippen LogP) is 11.3. The van der Waals surface area contributed by atoms with Crippen molar-refractivity contribution in [1.82, 2.24) is 64.8 Å². The lowest BCUT2D eigenvalue weighted by Crippen LogP contribution is -2.54. The highest BCUT2D eigenvalue weighted by Crippen LogP contribution is 2.45. The number of nitrogens with one attached hydrogen (secondary N) is 3. The monoisotopic (exact) mass is 1620 g/mol. The number of imidazole rings is 2. The van der Waals surface area contributed by atoms with Gasteiger partial charge in [-0.2, -0.15) is 0 Å². The highest BCUT2D eigenvalue weighted by Gasteiger charge is 2.47. The second kappa shape index (κ2) is 34.1. The molecule has 4 aliphatic heterocycles. The van der Waals surface area contributed by atoms with Gasteiger partial charge in [0.15, 0.2) is 22.9 Å². The van der Waals surface area contributed by atoms with Gasteiger partial charge in [-0.15, -0.1) is 0 Å². The number of carboxylic acid groups (broad SMARTS) is 1. The molecule has 28 heteroatoms. The summed E-state index contributed by atoms with van der Waals surface area (Å²) in [6.45, 7) is 3.20. The lowest BCUT2D eigenvalue weighted by molar-refractivity contribution is -0.137. The number of carbonyl (C=O) groups excluding carboxylic acids is 9. The Morgan fingerprint density at radius 1 is 0.504 bits per heavy atom. The first-order valence-electron chi connectivity index (χ1n) is 40.8. The Morgan fingerprint density at radius 2 is 0.959 bits per heavy atom. The first kappa shape index (κ1) is 80.7. The number of nitrogens with two attached hydrogens (primary N) is 4. The number of imide groups is 4. The Balaban J connectivity index is 0.000000151. The van der Waals surface area contributed by atoms with Gasteiger partial charge in [-0.05, 0) is 226 Å². The number of rotatable bonds is 23. The molecule has 9 amide bonds. The lowest BCUT2D eigenvalue weighted by atomic mass is 9.66. The van der Waals surface area contributed by atoms with E-state index in [-0.39, 0.29) is 72.4 Å². The van der Waals surface area contributed by atoms with Crippen LogP contribution >= 0.6 is 0 Å². The van der Waals surface area contributed by atoms with E-state index in [1.807, 2.05) is 106 Å². The molecular formula is C93H89N17O11. The second-order valence-electron chi connectivity index (χ2n) is 31.7. The SMILES string of the molecule is CC1(c2ccc(-n3c(-c4cccnc4N)nc4ccc(-c5cccc(CCC(=O)O)c5)nc43)cc2)CCC1.NCCCc1cccc2c1C(=O)N(C1CCC(=O)NC1=O)C2=O.Nc1ncccc1-c1nc2ccc(-c3cccc(CCC(=O)NCCCc4cccc5c4C(=O)N(C4CCC(=O)NC4=O)C5=O)c3)nc2n1-c1ccc(C2(N)CCC2)cc1. The van der Waals surface area contributed by atoms with E-state index in [9.17, 15) is 47.9 Å². The van der Waals surface area contributed by atoms with Crippen LogP contribution in [0.2, 0.25) is 0 Å². The number of hydrogen-bond acceptors (Lipinski definition) is 20. The quantitative estimate of drug-likeness (QED) is 0.0218. The maximum atomic E-state index is 13.4. The zero-order chi connectivity index (χ0) is 84.4. The predicted molar refractivity (Wildman–Crippen MR) is 454 cm³/mol. The molecular weight excluding hydrogens is 1530 g/mol. The van der Waals surface area contributed by atoms with Gasteiger partial charge in [0.1, 0.15) is 34.8 Å². The van der Waals surface area contributed by atoms with E-state index in [0.717, 1.165) is 102 Å². The molecule has 0 bridgehead atoms. The van der Waals surface area contributed by atoms with E-state index in [1.165, 1.54) is 24.8 Å². The Hall–Kier alpha value is -14.1. The lowest BCUT2D eigenvalue weighted by Gasteiger charge is -2.39. The van der Waals surface area contributed by atoms with Gasteiger partial charge in [0.25, 0.3) is 23.6 Å². The van der Waals surface area contributed by atoms with Gasteiger partial charge in [0, 0.05) is 72.7 Å². The van der Waals surface area contributed by atoms with Crippen molar-refractivity contribution in [2.24, 2.45) is 11.5 Å². The molecule has 2 unspecified atom stereocenters. The molecule has 0 spiro atoms. The molecule has 10 heterocycles. The Kier molecular flexibility index (Phi) is 22.7. The van der Waals surface area contributed by atoms with Gasteiger partial charge in [-0.3, -0.25) is 77.5 Å². The number of anilines is 2. The molecule has 121 heavy (non-hydrogen) atoms. The molecule has 6 aromatic carbocycles. The zero-order valence-corrected chi connectivity index (χ0v) is 66.6. The summed E-state index contributed by atoms with van der Waals surface area (Å²) in [6, 6.07) is 56.4. The largest absolute Gasteiger partial charge is 0.481 e. The number of aryl methyl sites for hydroxylation is 4. The van der Waals surface area contributed by atoms with Gasteiger partial charge in [0.05, 0.1) is 44.8 Å². The summed E-state index contributed by atoms with van der Waals surface area (Å²) in [5.74, 6) is -2.88. The Morgan fingerprint density at radius 3 is 1.40 bits per heavy atom. The third-order valence-corrected chi connectivity index (χ3v) is 23.8. The molecule has 2 saturated heterocycles. The molecule has 2 atom stereocenters. The fourth-order valence-corrected chi connectivity index (χ4v) is 16.9. The van der Waals surface area contributed by atoms with E-state index >= 15 is 0 Å².